The Bertz CT molecular complexity index is 275. The predicted octanol–water partition coefficient (Wildman–Crippen LogP) is -1.11. The van der Waals surface area contributed by atoms with Crippen LogP contribution in [0.5, 0.6) is 0 Å². The number of ketones is 1. The third-order valence-corrected chi connectivity index (χ3v) is 2.00. The molecule has 1 N–H and O–H groups in total. The highest BCUT2D eigenvalue weighted by Gasteiger charge is 2.36. The van der Waals surface area contributed by atoms with Crippen molar-refractivity contribution in [1.29, 1.82) is 0 Å². The Morgan fingerprint density at radius 3 is 2.64 bits per heavy atom. The fourth-order valence-corrected chi connectivity index (χ4v) is 1.34. The number of hydrogen-bond donors (Lipinski definition) is 1. The standard InChI is InChI=1S/C8H11NO5/c1-14-4-6(8(12)13)9-3-5(10)2-7(9)11/h6H,2-4H2,1H3,(H,12,13)/t6-/m0/s1. The smallest absolute Gasteiger partial charge is 0.328 e. The van der Waals surface area contributed by atoms with Gasteiger partial charge in [0.2, 0.25) is 5.91 Å². The van der Waals surface area contributed by atoms with Gasteiger partial charge in [0.25, 0.3) is 0 Å². The molecule has 0 aromatic heterocycles. The van der Waals surface area contributed by atoms with Crippen molar-refractivity contribution in [3.8, 4) is 0 Å². The molecule has 14 heavy (non-hydrogen) atoms. The van der Waals surface area contributed by atoms with Crippen molar-refractivity contribution in [3.05, 3.63) is 0 Å². The number of nitrogens with zero attached hydrogens (tertiary/aromatic N) is 1. The first-order chi connectivity index (χ1) is 6.56. The summed E-state index contributed by atoms with van der Waals surface area (Å²) in [4.78, 5) is 33.9. The lowest BCUT2D eigenvalue weighted by atomic mass is 10.3. The molecule has 0 saturated carbocycles. The van der Waals surface area contributed by atoms with E-state index in [0.717, 1.165) is 4.90 Å². The second kappa shape index (κ2) is 4.19. The fraction of sp³-hybridized carbons (Fsp3) is 0.625. The van der Waals surface area contributed by atoms with Gasteiger partial charge in [0.1, 0.15) is 0 Å². The second-order valence-corrected chi connectivity index (χ2v) is 3.05. The van der Waals surface area contributed by atoms with Crippen molar-refractivity contribution in [2.75, 3.05) is 20.3 Å². The molecule has 0 spiro atoms. The van der Waals surface area contributed by atoms with Gasteiger partial charge in [-0.2, -0.15) is 0 Å². The van der Waals surface area contributed by atoms with E-state index >= 15 is 0 Å². The van der Waals surface area contributed by atoms with Crippen molar-refractivity contribution in [1.82, 2.24) is 4.90 Å². The molecule has 78 valence electrons. The molecule has 0 radical (unpaired) electrons. The Kier molecular flexibility index (Phi) is 3.19. The van der Waals surface area contributed by atoms with E-state index in [9.17, 15) is 14.4 Å². The van der Waals surface area contributed by atoms with Gasteiger partial charge in [-0.3, -0.25) is 9.59 Å². The average molecular weight is 201 g/mol. The number of ether oxygens (including phenoxy) is 1. The van der Waals surface area contributed by atoms with E-state index in [1.54, 1.807) is 0 Å². The first-order valence-electron chi connectivity index (χ1n) is 4.09. The summed E-state index contributed by atoms with van der Waals surface area (Å²) in [6.45, 7) is -0.229. The van der Waals surface area contributed by atoms with Crippen LogP contribution in [-0.2, 0) is 19.1 Å². The van der Waals surface area contributed by atoms with E-state index in [4.69, 9.17) is 5.11 Å². The number of Topliss-reactive ketones (excluding diaryl/α,β-unsaturated/α-hetero) is 1. The maximum absolute atomic E-state index is 11.2. The van der Waals surface area contributed by atoms with Crippen molar-refractivity contribution >= 4 is 17.7 Å². The SMILES string of the molecule is COC[C@@H](C(=O)O)N1CC(=O)CC1=O. The van der Waals surface area contributed by atoms with Gasteiger partial charge in [-0.1, -0.05) is 0 Å². The number of carboxylic acids is 1. The molecule has 1 aliphatic heterocycles. The number of carbonyl (C=O) groups excluding carboxylic acids is 2. The van der Waals surface area contributed by atoms with Crippen LogP contribution < -0.4 is 0 Å². The molecule has 0 bridgehead atoms. The number of carboxylic acid groups (broad SMARTS) is 1. The van der Waals surface area contributed by atoms with Crippen molar-refractivity contribution in [2.45, 2.75) is 12.5 Å². The highest BCUT2D eigenvalue weighted by atomic mass is 16.5. The predicted molar refractivity (Wildman–Crippen MR) is 44.6 cm³/mol. The van der Waals surface area contributed by atoms with Gasteiger partial charge in [-0.15, -0.1) is 0 Å². The van der Waals surface area contributed by atoms with E-state index in [1.807, 2.05) is 0 Å². The molecule has 6 nitrogen and oxygen atoms in total. The lowest BCUT2D eigenvalue weighted by molar-refractivity contribution is -0.150. The van der Waals surface area contributed by atoms with Crippen LogP contribution in [0.4, 0.5) is 0 Å². The summed E-state index contributed by atoms with van der Waals surface area (Å²) in [5.74, 6) is -1.85. The molecule has 0 aromatic carbocycles. The molecule has 1 heterocycles. The van der Waals surface area contributed by atoms with E-state index in [0.29, 0.717) is 0 Å². The summed E-state index contributed by atoms with van der Waals surface area (Å²) in [5.41, 5.74) is 0. The summed E-state index contributed by atoms with van der Waals surface area (Å²) in [6.07, 6.45) is -0.201. The summed E-state index contributed by atoms with van der Waals surface area (Å²) in [6, 6.07) is -1.06. The van der Waals surface area contributed by atoms with Gasteiger partial charge < -0.3 is 14.7 Å². The molecular formula is C8H11NO5. The van der Waals surface area contributed by atoms with Crippen LogP contribution in [-0.4, -0.2) is 54.0 Å². The zero-order valence-electron chi connectivity index (χ0n) is 7.73. The number of aliphatic carboxylic acids is 1. The number of hydrogen-bond acceptors (Lipinski definition) is 4. The van der Waals surface area contributed by atoms with Gasteiger partial charge in [0.15, 0.2) is 11.8 Å². The number of carbonyl (C=O) groups is 3. The zero-order valence-corrected chi connectivity index (χ0v) is 7.73. The van der Waals surface area contributed by atoms with Gasteiger partial charge in [0, 0.05) is 7.11 Å². The number of amides is 1. The second-order valence-electron chi connectivity index (χ2n) is 3.05. The van der Waals surface area contributed by atoms with Crippen LogP contribution in [0.25, 0.3) is 0 Å². The third kappa shape index (κ3) is 2.08. The first kappa shape index (κ1) is 10.6. The lowest BCUT2D eigenvalue weighted by Crippen LogP contribution is -2.45. The molecule has 0 aromatic rings. The van der Waals surface area contributed by atoms with E-state index in [1.165, 1.54) is 7.11 Å². The summed E-state index contributed by atoms with van der Waals surface area (Å²) >= 11 is 0. The Hall–Kier alpha value is -1.43. The van der Waals surface area contributed by atoms with Gasteiger partial charge in [-0.25, -0.2) is 4.79 Å². The van der Waals surface area contributed by atoms with Crippen molar-refractivity contribution < 1.29 is 24.2 Å². The fourth-order valence-electron chi connectivity index (χ4n) is 1.34. The quantitative estimate of drug-likeness (QED) is 0.583. The first-order valence-corrected chi connectivity index (χ1v) is 4.09. The van der Waals surface area contributed by atoms with Crippen LogP contribution in [0.1, 0.15) is 6.42 Å². The topological polar surface area (TPSA) is 83.9 Å². The van der Waals surface area contributed by atoms with Crippen molar-refractivity contribution in [2.24, 2.45) is 0 Å². The van der Waals surface area contributed by atoms with E-state index < -0.39 is 17.9 Å². The van der Waals surface area contributed by atoms with Gasteiger partial charge >= 0.3 is 5.97 Å². The van der Waals surface area contributed by atoms with E-state index in [-0.39, 0.29) is 25.4 Å². The lowest BCUT2D eigenvalue weighted by Gasteiger charge is -2.22. The normalized spacial score (nSPS) is 18.8. The van der Waals surface area contributed by atoms with E-state index in [2.05, 4.69) is 4.74 Å². The van der Waals surface area contributed by atoms with Crippen LogP contribution in [0.3, 0.4) is 0 Å². The number of likely N-dealkylation sites (tertiary alicyclic amines) is 1. The van der Waals surface area contributed by atoms with Crippen LogP contribution in [0.15, 0.2) is 0 Å². The Balaban J connectivity index is 2.73. The largest absolute Gasteiger partial charge is 0.480 e. The highest BCUT2D eigenvalue weighted by molar-refractivity contribution is 6.06. The zero-order chi connectivity index (χ0) is 10.7. The molecule has 0 aliphatic carbocycles. The Morgan fingerprint density at radius 2 is 2.29 bits per heavy atom. The number of methoxy groups -OCH3 is 1. The number of rotatable bonds is 4. The summed E-state index contributed by atoms with van der Waals surface area (Å²) < 4.78 is 4.68. The minimum Gasteiger partial charge on any atom is -0.480 e. The molecule has 1 amide bonds. The van der Waals surface area contributed by atoms with Crippen molar-refractivity contribution in [3.63, 3.8) is 0 Å². The minimum absolute atomic E-state index is 0.103. The molecule has 1 fully saturated rings. The Labute approximate surface area is 80.4 Å². The monoisotopic (exact) mass is 201 g/mol. The molecule has 1 atom stereocenters. The maximum atomic E-state index is 11.2. The summed E-state index contributed by atoms with van der Waals surface area (Å²) in [5, 5.41) is 8.78. The Morgan fingerprint density at radius 1 is 1.64 bits per heavy atom. The van der Waals surface area contributed by atoms with Crippen LogP contribution >= 0.6 is 0 Å². The molecule has 0 unspecified atom stereocenters. The maximum Gasteiger partial charge on any atom is 0.328 e. The molecular weight excluding hydrogens is 190 g/mol. The third-order valence-electron chi connectivity index (χ3n) is 2.00. The van der Waals surface area contributed by atoms with Crippen LogP contribution in [0, 0.1) is 0 Å². The highest BCUT2D eigenvalue weighted by Crippen LogP contribution is 2.11. The molecule has 1 rings (SSSR count). The summed E-state index contributed by atoms with van der Waals surface area (Å²) in [7, 11) is 1.35. The molecule has 1 saturated heterocycles. The van der Waals surface area contributed by atoms with Gasteiger partial charge in [0.05, 0.1) is 19.6 Å². The van der Waals surface area contributed by atoms with Gasteiger partial charge in [-0.05, 0) is 0 Å². The van der Waals surface area contributed by atoms with Crippen LogP contribution in [0.2, 0.25) is 0 Å². The molecule has 6 heteroatoms. The molecule has 1 aliphatic rings. The average Bonchev–Trinajstić information content (AvgIpc) is 2.40. The minimum atomic E-state index is -1.16.